The van der Waals surface area contributed by atoms with Crippen LogP contribution in [0, 0.1) is 6.92 Å². The zero-order chi connectivity index (χ0) is 17.5. The number of nitrogens with zero attached hydrogens (tertiary/aromatic N) is 2. The average Bonchev–Trinajstić information content (AvgIpc) is 2.56. The van der Waals surface area contributed by atoms with Gasteiger partial charge < -0.3 is 0 Å². The number of benzene rings is 2. The number of hydrogen-bond acceptors (Lipinski definition) is 4. The molecule has 0 radical (unpaired) electrons. The standard InChI is InChI=1S/C17H17N3O3S/c1-11-8-9-12(10-15(11)24(22,23)20(2)3)16-13-6-4-5-7-14(13)17(21)19-18-16/h4-10H,1-3H3,(H,19,21). The Kier molecular flexibility index (Phi) is 3.98. The van der Waals surface area contributed by atoms with E-state index >= 15 is 0 Å². The van der Waals surface area contributed by atoms with E-state index in [1.165, 1.54) is 18.4 Å². The number of hydrogen-bond donors (Lipinski definition) is 1. The number of aromatic amines is 1. The third-order valence-electron chi connectivity index (χ3n) is 3.92. The molecule has 0 aliphatic rings. The second kappa shape index (κ2) is 5.85. The van der Waals surface area contributed by atoms with Crippen LogP contribution >= 0.6 is 0 Å². The van der Waals surface area contributed by atoms with Crippen LogP contribution in [0.5, 0.6) is 0 Å². The Hall–Kier alpha value is -2.51. The zero-order valence-electron chi connectivity index (χ0n) is 13.6. The predicted molar refractivity (Wildman–Crippen MR) is 93.4 cm³/mol. The summed E-state index contributed by atoms with van der Waals surface area (Å²) in [5.74, 6) is 0. The fourth-order valence-corrected chi connectivity index (χ4v) is 3.70. The lowest BCUT2D eigenvalue weighted by atomic mass is 10.0. The molecule has 1 heterocycles. The van der Waals surface area contributed by atoms with Gasteiger partial charge in [-0.3, -0.25) is 4.79 Å². The van der Waals surface area contributed by atoms with Crippen LogP contribution < -0.4 is 5.56 Å². The molecule has 0 spiro atoms. The summed E-state index contributed by atoms with van der Waals surface area (Å²) in [4.78, 5) is 12.1. The molecule has 3 aromatic rings. The molecule has 7 heteroatoms. The molecule has 0 aliphatic heterocycles. The number of aromatic nitrogens is 2. The van der Waals surface area contributed by atoms with E-state index in [9.17, 15) is 13.2 Å². The van der Waals surface area contributed by atoms with E-state index in [0.717, 1.165) is 0 Å². The van der Waals surface area contributed by atoms with Gasteiger partial charge in [0.1, 0.15) is 0 Å². The molecule has 0 atom stereocenters. The normalized spacial score (nSPS) is 12.0. The fraction of sp³-hybridized carbons (Fsp3) is 0.176. The summed E-state index contributed by atoms with van der Waals surface area (Å²) in [7, 11) is -0.576. The molecule has 3 rings (SSSR count). The first-order valence-corrected chi connectivity index (χ1v) is 8.77. The summed E-state index contributed by atoms with van der Waals surface area (Å²) in [5.41, 5.74) is 1.55. The van der Waals surface area contributed by atoms with Crippen molar-refractivity contribution in [2.45, 2.75) is 11.8 Å². The minimum Gasteiger partial charge on any atom is -0.267 e. The molecule has 0 amide bonds. The number of rotatable bonds is 3. The van der Waals surface area contributed by atoms with Crippen molar-refractivity contribution in [3.8, 4) is 11.3 Å². The molecule has 124 valence electrons. The van der Waals surface area contributed by atoms with Crippen LogP contribution in [0.1, 0.15) is 5.56 Å². The van der Waals surface area contributed by atoms with Gasteiger partial charge in [0.2, 0.25) is 10.0 Å². The summed E-state index contributed by atoms with van der Waals surface area (Å²) in [6, 6.07) is 12.2. The molecule has 1 aromatic heterocycles. The highest BCUT2D eigenvalue weighted by Gasteiger charge is 2.21. The summed E-state index contributed by atoms with van der Waals surface area (Å²) in [6.45, 7) is 1.75. The molecular formula is C17H17N3O3S. The minimum absolute atomic E-state index is 0.224. The first kappa shape index (κ1) is 16.4. The molecule has 24 heavy (non-hydrogen) atoms. The molecule has 1 N–H and O–H groups in total. The molecule has 0 fully saturated rings. The van der Waals surface area contributed by atoms with Crippen molar-refractivity contribution >= 4 is 20.8 Å². The first-order chi connectivity index (χ1) is 11.3. The van der Waals surface area contributed by atoms with E-state index in [2.05, 4.69) is 10.2 Å². The SMILES string of the molecule is Cc1ccc(-c2n[nH]c(=O)c3ccccc23)cc1S(=O)(=O)N(C)C. The van der Waals surface area contributed by atoms with Gasteiger partial charge in [-0.05, 0) is 24.6 Å². The molecule has 0 bridgehead atoms. The van der Waals surface area contributed by atoms with E-state index in [-0.39, 0.29) is 10.5 Å². The predicted octanol–water partition coefficient (Wildman–Crippen LogP) is 2.15. The minimum atomic E-state index is -3.57. The van der Waals surface area contributed by atoms with E-state index < -0.39 is 10.0 Å². The Morgan fingerprint density at radius 1 is 1.04 bits per heavy atom. The van der Waals surface area contributed by atoms with Gasteiger partial charge in [0.15, 0.2) is 0 Å². The summed E-state index contributed by atoms with van der Waals surface area (Å²) in [5, 5.41) is 7.79. The van der Waals surface area contributed by atoms with Gasteiger partial charge in [-0.1, -0.05) is 30.3 Å². The first-order valence-electron chi connectivity index (χ1n) is 7.33. The number of aryl methyl sites for hydroxylation is 1. The van der Waals surface area contributed by atoms with Gasteiger partial charge in [-0.15, -0.1) is 0 Å². The third-order valence-corrected chi connectivity index (χ3v) is 5.87. The van der Waals surface area contributed by atoms with Crippen LogP contribution in [0.4, 0.5) is 0 Å². The van der Waals surface area contributed by atoms with Crippen molar-refractivity contribution in [2.24, 2.45) is 0 Å². The number of fused-ring (bicyclic) bond motifs is 1. The smallest absolute Gasteiger partial charge is 0.267 e. The quantitative estimate of drug-likeness (QED) is 0.790. The van der Waals surface area contributed by atoms with Crippen molar-refractivity contribution in [1.82, 2.24) is 14.5 Å². The lowest BCUT2D eigenvalue weighted by molar-refractivity contribution is 0.520. The molecule has 0 aliphatic carbocycles. The van der Waals surface area contributed by atoms with Crippen LogP contribution in [-0.2, 0) is 10.0 Å². The average molecular weight is 343 g/mol. The molecule has 6 nitrogen and oxygen atoms in total. The monoisotopic (exact) mass is 343 g/mol. The van der Waals surface area contributed by atoms with Gasteiger partial charge in [-0.25, -0.2) is 17.8 Å². The molecular weight excluding hydrogens is 326 g/mol. The van der Waals surface area contributed by atoms with Crippen LogP contribution in [0.2, 0.25) is 0 Å². The van der Waals surface area contributed by atoms with E-state index in [1.807, 2.05) is 6.07 Å². The Morgan fingerprint density at radius 3 is 2.38 bits per heavy atom. The topological polar surface area (TPSA) is 83.1 Å². The Labute approximate surface area is 139 Å². The van der Waals surface area contributed by atoms with Crippen LogP contribution in [-0.4, -0.2) is 37.0 Å². The van der Waals surface area contributed by atoms with Crippen molar-refractivity contribution in [1.29, 1.82) is 0 Å². The third kappa shape index (κ3) is 2.61. The van der Waals surface area contributed by atoms with Gasteiger partial charge in [0, 0.05) is 25.0 Å². The Morgan fingerprint density at radius 2 is 1.71 bits per heavy atom. The Bertz CT molecular complexity index is 1090. The lowest BCUT2D eigenvalue weighted by Gasteiger charge is -2.15. The van der Waals surface area contributed by atoms with Crippen molar-refractivity contribution in [3.05, 3.63) is 58.4 Å². The maximum absolute atomic E-state index is 12.5. The van der Waals surface area contributed by atoms with Gasteiger partial charge in [-0.2, -0.15) is 5.10 Å². The summed E-state index contributed by atoms with van der Waals surface area (Å²) < 4.78 is 26.2. The van der Waals surface area contributed by atoms with Crippen molar-refractivity contribution in [2.75, 3.05) is 14.1 Å². The molecule has 2 aromatic carbocycles. The number of nitrogens with one attached hydrogen (secondary N) is 1. The summed E-state index contributed by atoms with van der Waals surface area (Å²) >= 11 is 0. The van der Waals surface area contributed by atoms with Crippen LogP contribution in [0.3, 0.4) is 0 Å². The summed E-state index contributed by atoms with van der Waals surface area (Å²) in [6.07, 6.45) is 0. The van der Waals surface area contributed by atoms with Crippen LogP contribution in [0.25, 0.3) is 22.0 Å². The van der Waals surface area contributed by atoms with Crippen molar-refractivity contribution < 1.29 is 8.42 Å². The van der Waals surface area contributed by atoms with Gasteiger partial charge >= 0.3 is 0 Å². The van der Waals surface area contributed by atoms with E-state index in [0.29, 0.717) is 27.6 Å². The van der Waals surface area contributed by atoms with Crippen LogP contribution in [0.15, 0.2) is 52.2 Å². The van der Waals surface area contributed by atoms with Crippen molar-refractivity contribution in [3.63, 3.8) is 0 Å². The molecule has 0 saturated carbocycles. The number of sulfonamides is 1. The largest absolute Gasteiger partial charge is 0.272 e. The van der Waals surface area contributed by atoms with E-state index in [4.69, 9.17) is 0 Å². The highest BCUT2D eigenvalue weighted by molar-refractivity contribution is 7.89. The maximum atomic E-state index is 12.5. The lowest BCUT2D eigenvalue weighted by Crippen LogP contribution is -2.23. The Balaban J connectivity index is 2.30. The second-order valence-electron chi connectivity index (χ2n) is 5.71. The fourth-order valence-electron chi connectivity index (χ4n) is 2.56. The second-order valence-corrected chi connectivity index (χ2v) is 7.83. The number of H-pyrrole nitrogens is 1. The van der Waals surface area contributed by atoms with Gasteiger partial charge in [0.05, 0.1) is 16.0 Å². The molecule has 0 unspecified atom stereocenters. The molecule has 0 saturated heterocycles. The van der Waals surface area contributed by atoms with E-state index in [1.54, 1.807) is 43.3 Å². The maximum Gasteiger partial charge on any atom is 0.272 e. The highest BCUT2D eigenvalue weighted by Crippen LogP contribution is 2.28. The zero-order valence-corrected chi connectivity index (χ0v) is 14.4. The highest BCUT2D eigenvalue weighted by atomic mass is 32.2. The van der Waals surface area contributed by atoms with Gasteiger partial charge in [0.25, 0.3) is 5.56 Å².